The van der Waals surface area contributed by atoms with Gasteiger partial charge in [-0.05, 0) is 42.2 Å². The van der Waals surface area contributed by atoms with Gasteiger partial charge in [-0.1, -0.05) is 26.0 Å². The molecule has 0 fully saturated rings. The van der Waals surface area contributed by atoms with Crippen LogP contribution >= 0.6 is 0 Å². The predicted molar refractivity (Wildman–Crippen MR) is 92.6 cm³/mol. The first-order valence-corrected chi connectivity index (χ1v) is 7.71. The van der Waals surface area contributed by atoms with Gasteiger partial charge in [-0.15, -0.1) is 0 Å². The summed E-state index contributed by atoms with van der Waals surface area (Å²) in [6.07, 6.45) is 1.09. The molecule has 0 saturated heterocycles. The first-order chi connectivity index (χ1) is 11.1. The number of carbonyl (C=O) groups is 1. The summed E-state index contributed by atoms with van der Waals surface area (Å²) < 4.78 is 10.4. The van der Waals surface area contributed by atoms with Gasteiger partial charge in [0.1, 0.15) is 11.5 Å². The molecule has 0 bridgehead atoms. The van der Waals surface area contributed by atoms with E-state index in [9.17, 15) is 4.79 Å². The number of hydrogen-bond acceptors (Lipinski definition) is 3. The van der Waals surface area contributed by atoms with Gasteiger partial charge in [-0.2, -0.15) is 0 Å². The maximum atomic E-state index is 12.4. The number of nitrogens with one attached hydrogen (secondary N) is 1. The molecule has 0 heterocycles. The quantitative estimate of drug-likeness (QED) is 0.856. The second-order valence-electron chi connectivity index (χ2n) is 5.49. The van der Waals surface area contributed by atoms with E-state index in [4.69, 9.17) is 9.47 Å². The summed E-state index contributed by atoms with van der Waals surface area (Å²) in [7, 11) is 3.12. The van der Waals surface area contributed by atoms with Crippen LogP contribution in [0.15, 0.2) is 42.5 Å². The van der Waals surface area contributed by atoms with Gasteiger partial charge in [0, 0.05) is 17.3 Å². The highest BCUT2D eigenvalue weighted by atomic mass is 16.5. The molecule has 0 saturated carbocycles. The number of hydrogen-bond donors (Lipinski definition) is 1. The van der Waals surface area contributed by atoms with E-state index < -0.39 is 0 Å². The monoisotopic (exact) mass is 313 g/mol. The molecule has 2 rings (SSSR count). The van der Waals surface area contributed by atoms with E-state index in [1.165, 1.54) is 5.56 Å². The van der Waals surface area contributed by atoms with Gasteiger partial charge in [0.2, 0.25) is 0 Å². The lowest BCUT2D eigenvalue weighted by atomic mass is 9.98. The molecule has 1 N–H and O–H groups in total. The number of carbonyl (C=O) groups excluding carboxylic acids is 1. The zero-order valence-electron chi connectivity index (χ0n) is 14.1. The van der Waals surface area contributed by atoms with E-state index in [1.807, 2.05) is 12.1 Å². The number of amides is 1. The van der Waals surface area contributed by atoms with E-state index in [-0.39, 0.29) is 5.91 Å². The molecule has 0 aromatic heterocycles. The first-order valence-electron chi connectivity index (χ1n) is 7.71. The molecule has 1 unspecified atom stereocenters. The van der Waals surface area contributed by atoms with Gasteiger partial charge in [0.15, 0.2) is 0 Å². The lowest BCUT2D eigenvalue weighted by Crippen LogP contribution is -2.12. The van der Waals surface area contributed by atoms with Crippen LogP contribution in [0, 0.1) is 0 Å². The van der Waals surface area contributed by atoms with Crippen molar-refractivity contribution in [1.82, 2.24) is 0 Å². The Balaban J connectivity index is 2.15. The minimum atomic E-state index is -0.196. The van der Waals surface area contributed by atoms with Crippen molar-refractivity contribution >= 4 is 11.6 Å². The largest absolute Gasteiger partial charge is 0.497 e. The average molecular weight is 313 g/mol. The fraction of sp³-hybridized carbons (Fsp3) is 0.316. The Morgan fingerprint density at radius 3 is 2.09 bits per heavy atom. The fourth-order valence-corrected chi connectivity index (χ4v) is 2.27. The van der Waals surface area contributed by atoms with Crippen molar-refractivity contribution in [2.24, 2.45) is 0 Å². The number of benzene rings is 2. The predicted octanol–water partition coefficient (Wildman–Crippen LogP) is 4.47. The highest BCUT2D eigenvalue weighted by Gasteiger charge is 2.11. The van der Waals surface area contributed by atoms with Gasteiger partial charge >= 0.3 is 0 Å². The van der Waals surface area contributed by atoms with Gasteiger partial charge in [-0.25, -0.2) is 0 Å². The molecule has 1 amide bonds. The summed E-state index contributed by atoms with van der Waals surface area (Å²) in [6.45, 7) is 4.35. The summed E-state index contributed by atoms with van der Waals surface area (Å²) in [5.41, 5.74) is 2.53. The molecule has 23 heavy (non-hydrogen) atoms. The molecule has 1 atom stereocenters. The van der Waals surface area contributed by atoms with Crippen LogP contribution in [0.4, 0.5) is 5.69 Å². The van der Waals surface area contributed by atoms with Gasteiger partial charge < -0.3 is 14.8 Å². The van der Waals surface area contributed by atoms with Crippen molar-refractivity contribution in [3.63, 3.8) is 0 Å². The standard InChI is InChI=1S/C19H23NO3/c1-5-13(2)14-6-8-16(9-7-14)20-19(21)15-10-17(22-3)12-18(11-15)23-4/h6-13H,5H2,1-4H3,(H,20,21). The van der Waals surface area contributed by atoms with Crippen LogP contribution in [0.3, 0.4) is 0 Å². The van der Waals surface area contributed by atoms with E-state index in [0.29, 0.717) is 23.0 Å². The Hall–Kier alpha value is -2.49. The van der Waals surface area contributed by atoms with Crippen molar-refractivity contribution < 1.29 is 14.3 Å². The number of methoxy groups -OCH3 is 2. The van der Waals surface area contributed by atoms with E-state index in [2.05, 4.69) is 31.3 Å². The molecule has 0 radical (unpaired) electrons. The summed E-state index contributed by atoms with van der Waals surface area (Å²) in [5.74, 6) is 1.49. The smallest absolute Gasteiger partial charge is 0.255 e. The molecule has 0 aliphatic rings. The third-order valence-corrected chi connectivity index (χ3v) is 3.96. The Morgan fingerprint density at radius 2 is 1.61 bits per heavy atom. The highest BCUT2D eigenvalue weighted by Crippen LogP contribution is 2.24. The topological polar surface area (TPSA) is 47.6 Å². The first kappa shape index (κ1) is 16.9. The molecule has 122 valence electrons. The van der Waals surface area contributed by atoms with Crippen molar-refractivity contribution in [1.29, 1.82) is 0 Å². The third kappa shape index (κ3) is 4.25. The molecule has 4 nitrogen and oxygen atoms in total. The SMILES string of the molecule is CCC(C)c1ccc(NC(=O)c2cc(OC)cc(OC)c2)cc1. The molecule has 2 aromatic carbocycles. The summed E-state index contributed by atoms with van der Waals surface area (Å²) in [5, 5.41) is 2.89. The zero-order valence-corrected chi connectivity index (χ0v) is 14.1. The second-order valence-corrected chi connectivity index (χ2v) is 5.49. The molecule has 0 spiro atoms. The van der Waals surface area contributed by atoms with Crippen LogP contribution in [-0.2, 0) is 0 Å². The van der Waals surface area contributed by atoms with E-state index >= 15 is 0 Å². The van der Waals surface area contributed by atoms with Crippen LogP contribution in [-0.4, -0.2) is 20.1 Å². The Bertz CT molecular complexity index is 643. The molecule has 4 heteroatoms. The summed E-state index contributed by atoms with van der Waals surface area (Å²) in [6, 6.07) is 13.1. The molecular weight excluding hydrogens is 290 g/mol. The van der Waals surface area contributed by atoms with Crippen LogP contribution in [0.1, 0.15) is 42.1 Å². The maximum Gasteiger partial charge on any atom is 0.255 e. The lowest BCUT2D eigenvalue weighted by molar-refractivity contribution is 0.102. The molecule has 0 aliphatic heterocycles. The van der Waals surface area contributed by atoms with Gasteiger partial charge in [0.25, 0.3) is 5.91 Å². The van der Waals surface area contributed by atoms with E-state index in [0.717, 1.165) is 12.1 Å². The van der Waals surface area contributed by atoms with Crippen molar-refractivity contribution in [2.45, 2.75) is 26.2 Å². The normalized spacial score (nSPS) is 11.7. The number of ether oxygens (including phenoxy) is 2. The van der Waals surface area contributed by atoms with Crippen molar-refractivity contribution in [3.8, 4) is 11.5 Å². The number of rotatable bonds is 6. The minimum Gasteiger partial charge on any atom is -0.497 e. The van der Waals surface area contributed by atoms with Crippen LogP contribution in [0.5, 0.6) is 11.5 Å². The van der Waals surface area contributed by atoms with Crippen LogP contribution in [0.2, 0.25) is 0 Å². The number of anilines is 1. The fourth-order valence-electron chi connectivity index (χ4n) is 2.27. The maximum absolute atomic E-state index is 12.4. The van der Waals surface area contributed by atoms with Crippen LogP contribution < -0.4 is 14.8 Å². The average Bonchev–Trinajstić information content (AvgIpc) is 2.61. The van der Waals surface area contributed by atoms with Crippen LogP contribution in [0.25, 0.3) is 0 Å². The zero-order chi connectivity index (χ0) is 16.8. The molecule has 0 aliphatic carbocycles. The van der Waals surface area contributed by atoms with Gasteiger partial charge in [0.05, 0.1) is 14.2 Å². The van der Waals surface area contributed by atoms with Gasteiger partial charge in [-0.3, -0.25) is 4.79 Å². The lowest BCUT2D eigenvalue weighted by Gasteiger charge is -2.11. The Labute approximate surface area is 137 Å². The van der Waals surface area contributed by atoms with Crippen molar-refractivity contribution in [3.05, 3.63) is 53.6 Å². The molecular formula is C19H23NO3. The summed E-state index contributed by atoms with van der Waals surface area (Å²) in [4.78, 5) is 12.4. The Kier molecular flexibility index (Phi) is 5.63. The third-order valence-electron chi connectivity index (χ3n) is 3.96. The second kappa shape index (κ2) is 7.68. The molecule has 2 aromatic rings. The van der Waals surface area contributed by atoms with Crippen molar-refractivity contribution in [2.75, 3.05) is 19.5 Å². The summed E-state index contributed by atoms with van der Waals surface area (Å²) >= 11 is 0. The Morgan fingerprint density at radius 1 is 1.04 bits per heavy atom. The minimum absolute atomic E-state index is 0.196. The highest BCUT2D eigenvalue weighted by molar-refractivity contribution is 6.04. The van der Waals surface area contributed by atoms with E-state index in [1.54, 1.807) is 32.4 Å².